The highest BCUT2D eigenvalue weighted by Crippen LogP contribution is 2.37. The fraction of sp³-hybridized carbons (Fsp3) is 0.455. The second kappa shape index (κ2) is 8.94. The van der Waals surface area contributed by atoms with Gasteiger partial charge < -0.3 is 15.6 Å². The number of thioether (sulfide) groups is 1. The van der Waals surface area contributed by atoms with Crippen molar-refractivity contribution in [2.24, 2.45) is 5.73 Å². The van der Waals surface area contributed by atoms with Crippen molar-refractivity contribution in [1.82, 2.24) is 9.88 Å². The van der Waals surface area contributed by atoms with Crippen LogP contribution < -0.4 is 16.6 Å². The van der Waals surface area contributed by atoms with E-state index in [2.05, 4.69) is 38.2 Å². The largest absolute Gasteiger partial charge is 0.350 e. The van der Waals surface area contributed by atoms with Crippen LogP contribution in [0.25, 0.3) is 0 Å². The number of halogens is 1. The van der Waals surface area contributed by atoms with E-state index >= 15 is 0 Å². The van der Waals surface area contributed by atoms with Crippen LogP contribution in [0.5, 0.6) is 0 Å². The maximum absolute atomic E-state index is 13.0. The predicted molar refractivity (Wildman–Crippen MR) is 122 cm³/mol. The summed E-state index contributed by atoms with van der Waals surface area (Å²) in [6.45, 7) is 10.8. The van der Waals surface area contributed by atoms with Gasteiger partial charge in [-0.2, -0.15) is 0 Å². The maximum atomic E-state index is 13.0. The van der Waals surface area contributed by atoms with Crippen molar-refractivity contribution in [3.63, 3.8) is 0 Å². The number of fused-ring (bicyclic) bond motifs is 1. The summed E-state index contributed by atoms with van der Waals surface area (Å²) < 4.78 is 1.62. The summed E-state index contributed by atoms with van der Waals surface area (Å²) in [6, 6.07) is 7.97. The van der Waals surface area contributed by atoms with Crippen LogP contribution in [0.2, 0.25) is 0 Å². The zero-order valence-electron chi connectivity index (χ0n) is 17.6. The smallest absolute Gasteiger partial charge is 0.256 e. The Morgan fingerprint density at radius 3 is 2.45 bits per heavy atom. The number of hydrogen-bond acceptors (Lipinski definition) is 4. The van der Waals surface area contributed by atoms with Crippen LogP contribution in [-0.2, 0) is 12.0 Å². The first-order valence-corrected chi connectivity index (χ1v) is 10.6. The van der Waals surface area contributed by atoms with E-state index in [1.807, 2.05) is 26.0 Å². The molecule has 0 aliphatic carbocycles. The molecule has 0 fully saturated rings. The number of benzene rings is 1. The normalized spacial score (nSPS) is 15.8. The van der Waals surface area contributed by atoms with Crippen molar-refractivity contribution in [3.8, 4) is 0 Å². The molecule has 3 N–H and O–H groups in total. The fourth-order valence-electron chi connectivity index (χ4n) is 3.33. The summed E-state index contributed by atoms with van der Waals surface area (Å²) in [5.41, 5.74) is 9.52. The Balaban J connectivity index is 0.00000300. The summed E-state index contributed by atoms with van der Waals surface area (Å²) in [5.74, 6) is 0.460. The van der Waals surface area contributed by atoms with Crippen LogP contribution in [0, 0.1) is 0 Å². The Morgan fingerprint density at radius 1 is 1.28 bits per heavy atom. The predicted octanol–water partition coefficient (Wildman–Crippen LogP) is 3.86. The van der Waals surface area contributed by atoms with Crippen LogP contribution >= 0.6 is 24.2 Å². The first-order chi connectivity index (χ1) is 13.1. The summed E-state index contributed by atoms with van der Waals surface area (Å²) in [4.78, 5) is 26.5. The van der Waals surface area contributed by atoms with Crippen LogP contribution in [0.4, 0.5) is 0 Å². The van der Waals surface area contributed by atoms with Gasteiger partial charge in [0.1, 0.15) is 0 Å². The van der Waals surface area contributed by atoms with Crippen molar-refractivity contribution in [1.29, 1.82) is 0 Å². The number of hydrogen-bond donors (Lipinski definition) is 2. The molecule has 0 radical (unpaired) electrons. The quantitative estimate of drug-likeness (QED) is 0.764. The molecule has 1 amide bonds. The molecule has 158 valence electrons. The second-order valence-electron chi connectivity index (χ2n) is 8.71. The number of nitrogens with two attached hydrogens (primary N) is 1. The van der Waals surface area contributed by atoms with Gasteiger partial charge in [0.05, 0.1) is 12.1 Å². The maximum Gasteiger partial charge on any atom is 0.256 e. The Kier molecular flexibility index (Phi) is 7.25. The molecular weight excluding hydrogens is 406 g/mol. The Hall–Kier alpha value is -1.76. The molecule has 29 heavy (non-hydrogen) atoms. The van der Waals surface area contributed by atoms with E-state index in [-0.39, 0.29) is 41.4 Å². The van der Waals surface area contributed by atoms with Crippen molar-refractivity contribution in [2.75, 3.05) is 5.75 Å². The lowest BCUT2D eigenvalue weighted by molar-refractivity contribution is 0.0939. The van der Waals surface area contributed by atoms with Gasteiger partial charge in [0.2, 0.25) is 0 Å². The SMILES string of the molecule is CC(C)NC(=O)c1cn(Cc2ccc(C(C)(C)C)cc2)c(=O)c2c1SC[C@@H]2N.Cl. The highest BCUT2D eigenvalue weighted by molar-refractivity contribution is 7.99. The van der Waals surface area contributed by atoms with Crippen molar-refractivity contribution < 1.29 is 4.79 Å². The topological polar surface area (TPSA) is 77.1 Å². The number of nitrogens with one attached hydrogen (secondary N) is 1. The molecule has 0 saturated heterocycles. The monoisotopic (exact) mass is 435 g/mol. The number of pyridine rings is 1. The van der Waals surface area contributed by atoms with Crippen LogP contribution in [0.3, 0.4) is 0 Å². The molecule has 0 unspecified atom stereocenters. The third-order valence-corrected chi connectivity index (χ3v) is 6.14. The average Bonchev–Trinajstić information content (AvgIpc) is 2.98. The molecule has 1 aromatic heterocycles. The summed E-state index contributed by atoms with van der Waals surface area (Å²) in [7, 11) is 0. The van der Waals surface area contributed by atoms with E-state index in [9.17, 15) is 9.59 Å². The Bertz CT molecular complexity index is 946. The van der Waals surface area contributed by atoms with Crippen molar-refractivity contribution in [3.05, 3.63) is 63.1 Å². The Morgan fingerprint density at radius 2 is 1.90 bits per heavy atom. The molecule has 1 atom stereocenters. The molecule has 3 rings (SSSR count). The van der Waals surface area contributed by atoms with Gasteiger partial charge in [-0.1, -0.05) is 45.0 Å². The average molecular weight is 436 g/mol. The molecular formula is C22H30ClN3O2S. The van der Waals surface area contributed by atoms with Crippen molar-refractivity contribution >= 4 is 30.1 Å². The zero-order valence-corrected chi connectivity index (χ0v) is 19.2. The van der Waals surface area contributed by atoms with Crippen molar-refractivity contribution in [2.45, 2.75) is 63.6 Å². The third kappa shape index (κ3) is 5.05. The molecule has 1 aliphatic heterocycles. The molecule has 5 nitrogen and oxygen atoms in total. The van der Waals surface area contributed by atoms with Gasteiger partial charge in [-0.05, 0) is 30.4 Å². The first-order valence-electron chi connectivity index (χ1n) is 9.64. The van der Waals surface area contributed by atoms with Crippen LogP contribution in [0.15, 0.2) is 40.2 Å². The van der Waals surface area contributed by atoms with Crippen LogP contribution in [0.1, 0.15) is 67.7 Å². The van der Waals surface area contributed by atoms with Gasteiger partial charge in [-0.3, -0.25) is 9.59 Å². The lowest BCUT2D eigenvalue weighted by atomic mass is 9.87. The number of rotatable bonds is 4. The molecule has 2 heterocycles. The van der Waals surface area contributed by atoms with Gasteiger partial charge in [0.15, 0.2) is 0 Å². The van der Waals surface area contributed by atoms with E-state index in [0.29, 0.717) is 23.4 Å². The molecule has 1 aliphatic rings. The van der Waals surface area contributed by atoms with E-state index in [1.54, 1.807) is 10.8 Å². The minimum absolute atomic E-state index is 0. The van der Waals surface area contributed by atoms with E-state index in [4.69, 9.17) is 5.73 Å². The standard InChI is InChI=1S/C22H29N3O2S.ClH/c1-13(2)24-20(26)16-11-25(21(27)18-17(23)12-28-19(16)18)10-14-6-8-15(9-7-14)22(3,4)5;/h6-9,11,13,17H,10,12,23H2,1-5H3,(H,24,26);1H/t17-;/m0./s1. The summed E-state index contributed by atoms with van der Waals surface area (Å²) in [5, 5.41) is 2.93. The first kappa shape index (κ1) is 23.5. The number of aromatic nitrogens is 1. The lowest BCUT2D eigenvalue weighted by Crippen LogP contribution is -2.34. The third-order valence-electron chi connectivity index (χ3n) is 4.88. The van der Waals surface area contributed by atoms with Gasteiger partial charge in [0.25, 0.3) is 11.5 Å². The number of carbonyl (C=O) groups is 1. The van der Waals surface area contributed by atoms with Gasteiger partial charge in [0, 0.05) is 34.5 Å². The van der Waals surface area contributed by atoms with E-state index < -0.39 is 0 Å². The molecule has 2 aromatic rings. The highest BCUT2D eigenvalue weighted by Gasteiger charge is 2.30. The number of carbonyl (C=O) groups excluding carboxylic acids is 1. The van der Waals surface area contributed by atoms with E-state index in [1.165, 1.54) is 17.3 Å². The lowest BCUT2D eigenvalue weighted by Gasteiger charge is -2.19. The molecule has 7 heteroatoms. The zero-order chi connectivity index (χ0) is 20.6. The van der Waals surface area contributed by atoms with E-state index in [0.717, 1.165) is 10.5 Å². The molecule has 0 bridgehead atoms. The summed E-state index contributed by atoms with van der Waals surface area (Å²) >= 11 is 1.49. The number of nitrogens with zero attached hydrogens (tertiary/aromatic N) is 1. The minimum Gasteiger partial charge on any atom is -0.350 e. The van der Waals surface area contributed by atoms with Gasteiger partial charge in [-0.25, -0.2) is 0 Å². The molecule has 0 spiro atoms. The highest BCUT2D eigenvalue weighted by atomic mass is 35.5. The molecule has 1 aromatic carbocycles. The summed E-state index contributed by atoms with van der Waals surface area (Å²) in [6.07, 6.45) is 1.68. The van der Waals surface area contributed by atoms with Gasteiger partial charge in [-0.15, -0.1) is 24.2 Å². The minimum atomic E-state index is -0.339. The Labute approximate surface area is 182 Å². The van der Waals surface area contributed by atoms with Crippen LogP contribution in [-0.4, -0.2) is 22.3 Å². The fourth-order valence-corrected chi connectivity index (χ4v) is 4.54. The van der Waals surface area contributed by atoms with Gasteiger partial charge >= 0.3 is 0 Å². The second-order valence-corrected chi connectivity index (χ2v) is 9.74. The number of amides is 1. The molecule has 0 saturated carbocycles.